The Morgan fingerprint density at radius 2 is 1.77 bits per heavy atom. The van der Waals surface area contributed by atoms with E-state index in [1.54, 1.807) is 0 Å². The highest BCUT2D eigenvalue weighted by Gasteiger charge is 2.41. The van der Waals surface area contributed by atoms with Gasteiger partial charge >= 0.3 is 0 Å². The van der Waals surface area contributed by atoms with Crippen LogP contribution >= 0.6 is 11.6 Å². The average molecular weight is 314 g/mol. The average Bonchev–Trinajstić information content (AvgIpc) is 3.03. The number of nitrogens with zero attached hydrogens (tertiary/aromatic N) is 1. The van der Waals surface area contributed by atoms with Gasteiger partial charge in [0.05, 0.1) is 5.54 Å². The monoisotopic (exact) mass is 313 g/mol. The second kappa shape index (κ2) is 6.13. The van der Waals surface area contributed by atoms with Crippen LogP contribution in [0.25, 0.3) is 0 Å². The molecule has 1 aliphatic carbocycles. The van der Waals surface area contributed by atoms with Gasteiger partial charge in [-0.25, -0.2) is 0 Å². The van der Waals surface area contributed by atoms with E-state index in [1.165, 1.54) is 5.56 Å². The molecule has 0 aromatic heterocycles. The lowest BCUT2D eigenvalue weighted by atomic mass is 9.85. The smallest absolute Gasteiger partial charge is 0.214 e. The van der Waals surface area contributed by atoms with Crippen molar-refractivity contribution >= 4 is 23.7 Å². The van der Waals surface area contributed by atoms with Gasteiger partial charge in [-0.15, -0.1) is 0 Å². The Kier molecular flexibility index (Phi) is 4.21. The molecule has 0 radical (unpaired) electrons. The molecule has 1 aliphatic rings. The molecule has 22 heavy (non-hydrogen) atoms. The van der Waals surface area contributed by atoms with E-state index in [-0.39, 0.29) is 5.54 Å². The zero-order valence-electron chi connectivity index (χ0n) is 12.8. The van der Waals surface area contributed by atoms with E-state index in [2.05, 4.69) is 12.1 Å². The maximum Gasteiger partial charge on any atom is 0.214 e. The third-order valence-corrected chi connectivity index (χ3v) is 4.97. The van der Waals surface area contributed by atoms with Crippen LogP contribution in [0.5, 0.6) is 0 Å². The highest BCUT2D eigenvalue weighted by molar-refractivity contribution is 6.31. The number of anilines is 1. The van der Waals surface area contributed by atoms with Gasteiger partial charge in [-0.1, -0.05) is 60.8 Å². The first kappa shape index (κ1) is 15.1. The third kappa shape index (κ3) is 2.52. The van der Waals surface area contributed by atoms with Crippen LogP contribution in [0.1, 0.15) is 36.8 Å². The van der Waals surface area contributed by atoms with Gasteiger partial charge in [0, 0.05) is 10.7 Å². The molecule has 0 heterocycles. The zero-order chi connectivity index (χ0) is 15.6. The SMILES string of the molecule is Cc1ccc(Cl)cc1N(C=O)C1(c2ccccc2)CCCC1. The zero-order valence-corrected chi connectivity index (χ0v) is 13.5. The highest BCUT2D eigenvalue weighted by Crippen LogP contribution is 2.46. The minimum Gasteiger partial charge on any atom is -0.304 e. The second-order valence-electron chi connectivity index (χ2n) is 6.01. The number of amides is 1. The van der Waals surface area contributed by atoms with Crippen molar-refractivity contribution in [2.75, 3.05) is 4.90 Å². The van der Waals surface area contributed by atoms with Crippen LogP contribution in [0.3, 0.4) is 0 Å². The molecule has 1 saturated carbocycles. The minimum atomic E-state index is -0.252. The molecule has 2 nitrogen and oxygen atoms in total. The predicted octanol–water partition coefficient (Wildman–Crippen LogP) is 5.08. The molecule has 0 bridgehead atoms. The number of benzene rings is 2. The summed E-state index contributed by atoms with van der Waals surface area (Å²) in [5.74, 6) is 0. The Morgan fingerprint density at radius 1 is 1.09 bits per heavy atom. The molecule has 0 saturated heterocycles. The Balaban J connectivity index is 2.14. The maximum atomic E-state index is 12.0. The van der Waals surface area contributed by atoms with Gasteiger partial charge in [0.1, 0.15) is 0 Å². The van der Waals surface area contributed by atoms with Crippen LogP contribution in [0.2, 0.25) is 5.02 Å². The van der Waals surface area contributed by atoms with E-state index in [4.69, 9.17) is 11.6 Å². The number of carbonyl (C=O) groups excluding carboxylic acids is 1. The van der Waals surface area contributed by atoms with Crippen molar-refractivity contribution in [1.82, 2.24) is 0 Å². The van der Waals surface area contributed by atoms with Gasteiger partial charge in [-0.2, -0.15) is 0 Å². The number of hydrogen-bond acceptors (Lipinski definition) is 1. The van der Waals surface area contributed by atoms with E-state index in [0.717, 1.165) is 43.3 Å². The van der Waals surface area contributed by atoms with Gasteiger partial charge in [-0.05, 0) is 43.0 Å². The molecule has 3 heteroatoms. The summed E-state index contributed by atoms with van der Waals surface area (Å²) in [5.41, 5.74) is 2.93. The van der Waals surface area contributed by atoms with Gasteiger partial charge in [0.25, 0.3) is 0 Å². The van der Waals surface area contributed by atoms with E-state index >= 15 is 0 Å². The Labute approximate surface area is 136 Å². The summed E-state index contributed by atoms with van der Waals surface area (Å²) in [6.07, 6.45) is 5.22. The molecule has 2 aromatic carbocycles. The van der Waals surface area contributed by atoms with Crippen LogP contribution in [-0.2, 0) is 10.3 Å². The second-order valence-corrected chi connectivity index (χ2v) is 6.45. The van der Waals surface area contributed by atoms with Gasteiger partial charge in [-0.3, -0.25) is 4.79 Å². The van der Waals surface area contributed by atoms with E-state index in [0.29, 0.717) is 5.02 Å². The highest BCUT2D eigenvalue weighted by atomic mass is 35.5. The molecule has 0 unspecified atom stereocenters. The summed E-state index contributed by atoms with van der Waals surface area (Å²) in [6, 6.07) is 16.1. The van der Waals surface area contributed by atoms with Crippen molar-refractivity contribution in [3.63, 3.8) is 0 Å². The summed E-state index contributed by atoms with van der Waals surface area (Å²) < 4.78 is 0. The van der Waals surface area contributed by atoms with Crippen LogP contribution < -0.4 is 4.90 Å². The Hall–Kier alpha value is -1.80. The maximum absolute atomic E-state index is 12.0. The first-order valence-electron chi connectivity index (χ1n) is 7.74. The lowest BCUT2D eigenvalue weighted by molar-refractivity contribution is -0.108. The van der Waals surface area contributed by atoms with Gasteiger partial charge < -0.3 is 4.90 Å². The largest absolute Gasteiger partial charge is 0.304 e. The van der Waals surface area contributed by atoms with Crippen LogP contribution in [0.15, 0.2) is 48.5 Å². The number of rotatable bonds is 4. The normalized spacial score (nSPS) is 16.5. The number of halogens is 1. The molecule has 1 amide bonds. The molecule has 2 aromatic rings. The van der Waals surface area contributed by atoms with Crippen molar-refractivity contribution in [2.45, 2.75) is 38.1 Å². The molecule has 0 aliphatic heterocycles. The standard InChI is InChI=1S/C19H20ClNO/c1-15-9-10-17(20)13-18(15)21(14-22)19(11-5-6-12-19)16-7-3-2-4-8-16/h2-4,7-10,13-14H,5-6,11-12H2,1H3. The molecule has 114 valence electrons. The van der Waals surface area contributed by atoms with Crippen molar-refractivity contribution in [3.05, 3.63) is 64.7 Å². The van der Waals surface area contributed by atoms with Crippen molar-refractivity contribution in [3.8, 4) is 0 Å². The number of carbonyl (C=O) groups is 1. The van der Waals surface area contributed by atoms with E-state index in [9.17, 15) is 4.79 Å². The summed E-state index contributed by atoms with van der Waals surface area (Å²) in [5, 5.41) is 0.661. The molecule has 0 spiro atoms. The first-order valence-corrected chi connectivity index (χ1v) is 8.11. The summed E-state index contributed by atoms with van der Waals surface area (Å²) in [4.78, 5) is 13.9. The molecular weight excluding hydrogens is 294 g/mol. The van der Waals surface area contributed by atoms with Gasteiger partial charge in [0.15, 0.2) is 0 Å². The Bertz CT molecular complexity index is 662. The minimum absolute atomic E-state index is 0.252. The lowest BCUT2D eigenvalue weighted by Crippen LogP contribution is -2.44. The van der Waals surface area contributed by atoms with E-state index in [1.807, 2.05) is 48.2 Å². The predicted molar refractivity (Wildman–Crippen MR) is 91.3 cm³/mol. The van der Waals surface area contributed by atoms with Gasteiger partial charge in [0.2, 0.25) is 6.41 Å². The molecule has 0 atom stereocenters. The molecular formula is C19H20ClNO. The van der Waals surface area contributed by atoms with Crippen molar-refractivity contribution < 1.29 is 4.79 Å². The summed E-state index contributed by atoms with van der Waals surface area (Å²) in [6.45, 7) is 2.02. The van der Waals surface area contributed by atoms with Crippen molar-refractivity contribution in [2.24, 2.45) is 0 Å². The fraction of sp³-hybridized carbons (Fsp3) is 0.316. The summed E-state index contributed by atoms with van der Waals surface area (Å²) in [7, 11) is 0. The Morgan fingerprint density at radius 3 is 2.41 bits per heavy atom. The van der Waals surface area contributed by atoms with Crippen LogP contribution in [0.4, 0.5) is 5.69 Å². The van der Waals surface area contributed by atoms with Crippen LogP contribution in [-0.4, -0.2) is 6.41 Å². The first-order chi connectivity index (χ1) is 10.7. The molecule has 3 rings (SSSR count). The summed E-state index contributed by atoms with van der Waals surface area (Å²) >= 11 is 6.17. The quantitative estimate of drug-likeness (QED) is 0.721. The van der Waals surface area contributed by atoms with Crippen molar-refractivity contribution in [1.29, 1.82) is 0 Å². The van der Waals surface area contributed by atoms with E-state index < -0.39 is 0 Å². The fourth-order valence-electron chi connectivity index (χ4n) is 3.61. The van der Waals surface area contributed by atoms with Crippen LogP contribution in [0, 0.1) is 6.92 Å². The lowest BCUT2D eigenvalue weighted by Gasteiger charge is -2.40. The third-order valence-electron chi connectivity index (χ3n) is 4.74. The molecule has 1 fully saturated rings. The fourth-order valence-corrected chi connectivity index (χ4v) is 3.77. The number of hydrogen-bond donors (Lipinski definition) is 0. The number of aryl methyl sites for hydroxylation is 1. The molecule has 0 N–H and O–H groups in total. The topological polar surface area (TPSA) is 20.3 Å².